The van der Waals surface area contributed by atoms with Gasteiger partial charge in [0.15, 0.2) is 0 Å². The maximum Gasteiger partial charge on any atom is 0.207 e. The van der Waals surface area contributed by atoms with Crippen molar-refractivity contribution in [1.82, 2.24) is 9.55 Å². The zero-order valence-corrected chi connectivity index (χ0v) is 11.7. The van der Waals surface area contributed by atoms with Gasteiger partial charge in [-0.15, -0.1) is 6.58 Å². The van der Waals surface area contributed by atoms with E-state index in [2.05, 4.69) is 16.9 Å². The summed E-state index contributed by atoms with van der Waals surface area (Å²) < 4.78 is 7.16. The molecule has 0 aliphatic carbocycles. The average Bonchev–Trinajstić information content (AvgIpc) is 2.73. The number of methoxy groups -OCH3 is 1. The first-order valence-corrected chi connectivity index (χ1v) is 6.27. The zero-order valence-electron chi connectivity index (χ0n) is 11.0. The van der Waals surface area contributed by atoms with Gasteiger partial charge in [0.1, 0.15) is 5.75 Å². The molecule has 0 bridgehead atoms. The van der Waals surface area contributed by atoms with Gasteiger partial charge in [0.25, 0.3) is 0 Å². The molecule has 1 aromatic heterocycles. The Morgan fingerprint density at radius 3 is 3.00 bits per heavy atom. The second kappa shape index (κ2) is 5.80. The van der Waals surface area contributed by atoms with E-state index in [0.29, 0.717) is 11.6 Å². The van der Waals surface area contributed by atoms with E-state index in [4.69, 9.17) is 16.3 Å². The van der Waals surface area contributed by atoms with Crippen LogP contribution in [0.4, 0.5) is 11.6 Å². The summed E-state index contributed by atoms with van der Waals surface area (Å²) in [5, 5.41) is 3.83. The molecule has 4 nitrogen and oxygen atoms in total. The van der Waals surface area contributed by atoms with E-state index in [-0.39, 0.29) is 0 Å². The summed E-state index contributed by atoms with van der Waals surface area (Å²) in [5.74, 6) is 1.47. The molecule has 0 saturated carbocycles. The van der Waals surface area contributed by atoms with Crippen LogP contribution < -0.4 is 10.1 Å². The van der Waals surface area contributed by atoms with Crippen molar-refractivity contribution < 1.29 is 4.74 Å². The van der Waals surface area contributed by atoms with Gasteiger partial charge in [-0.1, -0.05) is 17.7 Å². The van der Waals surface area contributed by atoms with E-state index in [1.807, 2.05) is 35.9 Å². The minimum Gasteiger partial charge on any atom is -0.497 e. The Balaban J connectivity index is 2.32. The number of anilines is 2. The standard InChI is InChI=1S/C14H16ClN3O/c1-4-7-18-9-10(2)16-14(18)17-13-8-11(19-3)5-6-12(13)15/h4-6,8-9H,1,7H2,2-3H3,(H,16,17). The number of hydrogen-bond acceptors (Lipinski definition) is 3. The van der Waals surface area contributed by atoms with Crippen LogP contribution >= 0.6 is 11.6 Å². The van der Waals surface area contributed by atoms with Gasteiger partial charge in [-0.05, 0) is 19.1 Å². The summed E-state index contributed by atoms with van der Waals surface area (Å²) in [4.78, 5) is 4.43. The molecule has 19 heavy (non-hydrogen) atoms. The summed E-state index contributed by atoms with van der Waals surface area (Å²) in [6.07, 6.45) is 3.78. The topological polar surface area (TPSA) is 39.1 Å². The van der Waals surface area contributed by atoms with Gasteiger partial charge >= 0.3 is 0 Å². The zero-order chi connectivity index (χ0) is 13.8. The van der Waals surface area contributed by atoms with E-state index >= 15 is 0 Å². The predicted octanol–water partition coefficient (Wildman–Crippen LogP) is 3.78. The highest BCUT2D eigenvalue weighted by atomic mass is 35.5. The third-order valence-corrected chi connectivity index (χ3v) is 2.97. The maximum absolute atomic E-state index is 6.16. The highest BCUT2D eigenvalue weighted by molar-refractivity contribution is 6.33. The van der Waals surface area contributed by atoms with Crippen molar-refractivity contribution in [2.45, 2.75) is 13.5 Å². The van der Waals surface area contributed by atoms with Crippen LogP contribution in [0.15, 0.2) is 37.1 Å². The number of nitrogens with one attached hydrogen (secondary N) is 1. The molecule has 0 saturated heterocycles. The van der Waals surface area contributed by atoms with Gasteiger partial charge in [0, 0.05) is 18.8 Å². The summed E-state index contributed by atoms with van der Waals surface area (Å²) in [5.41, 5.74) is 1.69. The summed E-state index contributed by atoms with van der Waals surface area (Å²) >= 11 is 6.16. The van der Waals surface area contributed by atoms with Crippen molar-refractivity contribution in [2.24, 2.45) is 0 Å². The first kappa shape index (κ1) is 13.5. The molecular weight excluding hydrogens is 262 g/mol. The van der Waals surface area contributed by atoms with Gasteiger partial charge in [0.2, 0.25) is 5.95 Å². The molecule has 0 fully saturated rings. The van der Waals surface area contributed by atoms with E-state index in [0.717, 1.165) is 23.1 Å². The van der Waals surface area contributed by atoms with Gasteiger partial charge in [0.05, 0.1) is 23.5 Å². The molecule has 0 spiro atoms. The number of ether oxygens (including phenoxy) is 1. The van der Waals surface area contributed by atoms with Crippen LogP contribution in [0.1, 0.15) is 5.69 Å². The molecule has 1 N–H and O–H groups in total. The van der Waals surface area contributed by atoms with Crippen molar-refractivity contribution in [3.8, 4) is 5.75 Å². The highest BCUT2D eigenvalue weighted by Gasteiger charge is 2.08. The van der Waals surface area contributed by atoms with Gasteiger partial charge < -0.3 is 14.6 Å². The van der Waals surface area contributed by atoms with E-state index in [1.54, 1.807) is 13.2 Å². The molecule has 0 aliphatic rings. The number of rotatable bonds is 5. The Morgan fingerprint density at radius 2 is 2.32 bits per heavy atom. The number of aryl methyl sites for hydroxylation is 1. The summed E-state index contributed by atoms with van der Waals surface area (Å²) in [7, 11) is 1.62. The second-order valence-electron chi connectivity index (χ2n) is 4.12. The van der Waals surface area contributed by atoms with E-state index < -0.39 is 0 Å². The quantitative estimate of drug-likeness (QED) is 0.845. The van der Waals surface area contributed by atoms with Crippen LogP contribution in [-0.2, 0) is 6.54 Å². The molecule has 1 heterocycles. The van der Waals surface area contributed by atoms with Crippen molar-refractivity contribution in [1.29, 1.82) is 0 Å². The number of halogens is 1. The Kier molecular flexibility index (Phi) is 4.12. The minimum absolute atomic E-state index is 0.617. The molecule has 1 aromatic carbocycles. The molecule has 0 radical (unpaired) electrons. The normalized spacial score (nSPS) is 10.3. The molecule has 0 amide bonds. The molecule has 100 valence electrons. The summed E-state index contributed by atoms with van der Waals surface area (Å²) in [6.45, 7) is 6.36. The van der Waals surface area contributed by atoms with E-state index in [9.17, 15) is 0 Å². The third-order valence-electron chi connectivity index (χ3n) is 2.64. The van der Waals surface area contributed by atoms with Crippen molar-refractivity contribution >= 4 is 23.2 Å². The van der Waals surface area contributed by atoms with Crippen LogP contribution in [0, 0.1) is 6.92 Å². The SMILES string of the molecule is C=CCn1cc(C)nc1Nc1cc(OC)ccc1Cl. The number of imidazole rings is 1. The largest absolute Gasteiger partial charge is 0.497 e. The summed E-state index contributed by atoms with van der Waals surface area (Å²) in [6, 6.07) is 5.44. The number of nitrogens with zero attached hydrogens (tertiary/aromatic N) is 2. The van der Waals surface area contributed by atoms with Crippen molar-refractivity contribution in [3.63, 3.8) is 0 Å². The fourth-order valence-corrected chi connectivity index (χ4v) is 1.94. The maximum atomic E-state index is 6.16. The lowest BCUT2D eigenvalue weighted by molar-refractivity contribution is 0.415. The molecule has 2 rings (SSSR count). The van der Waals surface area contributed by atoms with Crippen LogP contribution in [0.3, 0.4) is 0 Å². The molecule has 0 atom stereocenters. The third kappa shape index (κ3) is 3.09. The second-order valence-corrected chi connectivity index (χ2v) is 4.52. The molecule has 0 aliphatic heterocycles. The fraction of sp³-hybridized carbons (Fsp3) is 0.214. The molecule has 0 unspecified atom stereocenters. The minimum atomic E-state index is 0.617. The van der Waals surface area contributed by atoms with E-state index in [1.165, 1.54) is 0 Å². The van der Waals surface area contributed by atoms with Crippen molar-refractivity contribution in [3.05, 3.63) is 47.8 Å². The number of hydrogen-bond donors (Lipinski definition) is 1. The lowest BCUT2D eigenvalue weighted by Gasteiger charge is -2.10. The van der Waals surface area contributed by atoms with Gasteiger partial charge in [-0.2, -0.15) is 0 Å². The lowest BCUT2D eigenvalue weighted by atomic mass is 10.3. The molecular formula is C14H16ClN3O. The van der Waals surface area contributed by atoms with Crippen LogP contribution in [0.25, 0.3) is 0 Å². The Morgan fingerprint density at radius 1 is 1.53 bits per heavy atom. The Hall–Kier alpha value is -1.94. The molecule has 5 heteroatoms. The fourth-order valence-electron chi connectivity index (χ4n) is 1.77. The van der Waals surface area contributed by atoms with Crippen LogP contribution in [0.2, 0.25) is 5.02 Å². The average molecular weight is 278 g/mol. The monoisotopic (exact) mass is 277 g/mol. The smallest absolute Gasteiger partial charge is 0.207 e. The Labute approximate surface area is 117 Å². The number of allylic oxidation sites excluding steroid dienone is 1. The predicted molar refractivity (Wildman–Crippen MR) is 78.4 cm³/mol. The van der Waals surface area contributed by atoms with Gasteiger partial charge in [-0.3, -0.25) is 0 Å². The first-order chi connectivity index (χ1) is 9.13. The first-order valence-electron chi connectivity index (χ1n) is 5.89. The molecule has 2 aromatic rings. The lowest BCUT2D eigenvalue weighted by Crippen LogP contribution is -2.02. The van der Waals surface area contributed by atoms with Crippen LogP contribution in [0.5, 0.6) is 5.75 Å². The Bertz CT molecular complexity index is 592. The number of aromatic nitrogens is 2. The van der Waals surface area contributed by atoms with Crippen molar-refractivity contribution in [2.75, 3.05) is 12.4 Å². The highest BCUT2D eigenvalue weighted by Crippen LogP contribution is 2.29. The number of benzene rings is 1. The van der Waals surface area contributed by atoms with Crippen LogP contribution in [-0.4, -0.2) is 16.7 Å². The van der Waals surface area contributed by atoms with Gasteiger partial charge in [-0.25, -0.2) is 4.98 Å².